The number of methoxy groups -OCH3 is 1. The molecule has 3 unspecified atom stereocenters. The average Bonchev–Trinajstić information content (AvgIpc) is 2.70. The lowest BCUT2D eigenvalue weighted by Gasteiger charge is -2.27. The zero-order valence-electron chi connectivity index (χ0n) is 10.6. The number of ether oxygens (including phenoxy) is 3. The van der Waals surface area contributed by atoms with Crippen molar-refractivity contribution in [1.29, 1.82) is 0 Å². The van der Waals surface area contributed by atoms with Crippen LogP contribution < -0.4 is 0 Å². The summed E-state index contributed by atoms with van der Waals surface area (Å²) >= 11 is 0. The van der Waals surface area contributed by atoms with Gasteiger partial charge in [-0.1, -0.05) is 6.92 Å². The standard InChI is InChI=1S/C12H21NO4/c1-9-5-13(7-11(9)12(14)15-2)6-10-3-4-16-8-17-10/h9-11H,3-8H2,1-2H3. The SMILES string of the molecule is COC(=O)C1CN(CC2CCOCO2)CC1C. The summed E-state index contributed by atoms with van der Waals surface area (Å²) < 4.78 is 15.5. The summed E-state index contributed by atoms with van der Waals surface area (Å²) in [6.07, 6.45) is 1.18. The molecule has 0 saturated carbocycles. The van der Waals surface area contributed by atoms with E-state index in [1.807, 2.05) is 0 Å². The smallest absolute Gasteiger partial charge is 0.310 e. The molecule has 0 spiro atoms. The fourth-order valence-electron chi connectivity index (χ4n) is 2.61. The first-order valence-corrected chi connectivity index (χ1v) is 6.20. The van der Waals surface area contributed by atoms with Crippen LogP contribution in [0.1, 0.15) is 13.3 Å². The fourth-order valence-corrected chi connectivity index (χ4v) is 2.61. The molecule has 3 atom stereocenters. The van der Waals surface area contributed by atoms with Crippen LogP contribution in [0.25, 0.3) is 0 Å². The summed E-state index contributed by atoms with van der Waals surface area (Å²) in [6, 6.07) is 0. The van der Waals surface area contributed by atoms with Crippen LogP contribution in [0.2, 0.25) is 0 Å². The molecular formula is C12H21NO4. The van der Waals surface area contributed by atoms with Crippen LogP contribution >= 0.6 is 0 Å². The summed E-state index contributed by atoms with van der Waals surface area (Å²) in [7, 11) is 1.46. The number of hydrogen-bond donors (Lipinski definition) is 0. The van der Waals surface area contributed by atoms with E-state index in [0.717, 1.165) is 32.7 Å². The Balaban J connectivity index is 1.81. The minimum Gasteiger partial charge on any atom is -0.469 e. The molecular weight excluding hydrogens is 222 g/mol. The normalized spacial score (nSPS) is 34.8. The molecule has 0 aromatic rings. The number of carbonyl (C=O) groups excluding carboxylic acids is 1. The van der Waals surface area contributed by atoms with E-state index in [2.05, 4.69) is 11.8 Å². The number of carbonyl (C=O) groups is 1. The number of likely N-dealkylation sites (tertiary alicyclic amines) is 1. The van der Waals surface area contributed by atoms with Gasteiger partial charge in [0.15, 0.2) is 0 Å². The number of hydrogen-bond acceptors (Lipinski definition) is 5. The molecule has 0 aliphatic carbocycles. The summed E-state index contributed by atoms with van der Waals surface area (Å²) in [5, 5.41) is 0. The van der Waals surface area contributed by atoms with Crippen LogP contribution in [-0.4, -0.2) is 57.1 Å². The second-order valence-electron chi connectivity index (χ2n) is 4.93. The highest BCUT2D eigenvalue weighted by molar-refractivity contribution is 5.73. The Morgan fingerprint density at radius 3 is 2.94 bits per heavy atom. The van der Waals surface area contributed by atoms with Gasteiger partial charge in [-0.2, -0.15) is 0 Å². The van der Waals surface area contributed by atoms with Crippen molar-refractivity contribution in [2.75, 3.05) is 40.1 Å². The Hall–Kier alpha value is -0.650. The van der Waals surface area contributed by atoms with Gasteiger partial charge in [-0.3, -0.25) is 9.69 Å². The Morgan fingerprint density at radius 1 is 1.47 bits per heavy atom. The molecule has 2 fully saturated rings. The second kappa shape index (κ2) is 5.80. The van der Waals surface area contributed by atoms with Crippen molar-refractivity contribution < 1.29 is 19.0 Å². The van der Waals surface area contributed by atoms with Crippen LogP contribution in [0, 0.1) is 11.8 Å². The molecule has 0 bridgehead atoms. The Morgan fingerprint density at radius 2 is 2.29 bits per heavy atom. The summed E-state index contributed by atoms with van der Waals surface area (Å²) in [5.41, 5.74) is 0. The first kappa shape index (κ1) is 12.8. The highest BCUT2D eigenvalue weighted by atomic mass is 16.7. The van der Waals surface area contributed by atoms with E-state index in [1.54, 1.807) is 0 Å². The van der Waals surface area contributed by atoms with Gasteiger partial charge in [0.1, 0.15) is 6.79 Å². The lowest BCUT2D eigenvalue weighted by Crippen LogP contribution is -2.36. The molecule has 0 amide bonds. The summed E-state index contributed by atoms with van der Waals surface area (Å²) in [5.74, 6) is 0.287. The molecule has 2 heterocycles. The van der Waals surface area contributed by atoms with Gasteiger partial charge in [0.2, 0.25) is 0 Å². The molecule has 5 heteroatoms. The zero-order valence-corrected chi connectivity index (χ0v) is 10.6. The number of nitrogens with zero attached hydrogens (tertiary/aromatic N) is 1. The molecule has 0 aromatic carbocycles. The van der Waals surface area contributed by atoms with Crippen LogP contribution in [-0.2, 0) is 19.0 Å². The minimum atomic E-state index is -0.0899. The minimum absolute atomic E-state index is 0.0137. The van der Waals surface area contributed by atoms with E-state index < -0.39 is 0 Å². The van der Waals surface area contributed by atoms with Gasteiger partial charge in [-0.15, -0.1) is 0 Å². The van der Waals surface area contributed by atoms with Crippen molar-refractivity contribution in [3.63, 3.8) is 0 Å². The van der Waals surface area contributed by atoms with Crippen molar-refractivity contribution in [2.45, 2.75) is 19.4 Å². The largest absolute Gasteiger partial charge is 0.469 e. The third kappa shape index (κ3) is 3.18. The van der Waals surface area contributed by atoms with E-state index in [9.17, 15) is 4.79 Å². The van der Waals surface area contributed by atoms with Gasteiger partial charge in [-0.05, 0) is 12.3 Å². The molecule has 2 aliphatic heterocycles. The van der Waals surface area contributed by atoms with Gasteiger partial charge >= 0.3 is 5.97 Å². The van der Waals surface area contributed by atoms with Crippen LogP contribution in [0.4, 0.5) is 0 Å². The average molecular weight is 243 g/mol. The van der Waals surface area contributed by atoms with Gasteiger partial charge in [0, 0.05) is 19.6 Å². The van der Waals surface area contributed by atoms with Crippen molar-refractivity contribution >= 4 is 5.97 Å². The van der Waals surface area contributed by atoms with E-state index in [-0.39, 0.29) is 18.0 Å². The molecule has 17 heavy (non-hydrogen) atoms. The number of esters is 1. The Labute approximate surface area is 102 Å². The van der Waals surface area contributed by atoms with Crippen LogP contribution in [0.3, 0.4) is 0 Å². The Bertz CT molecular complexity index is 265. The fraction of sp³-hybridized carbons (Fsp3) is 0.917. The first-order chi connectivity index (χ1) is 8.20. The van der Waals surface area contributed by atoms with Crippen molar-refractivity contribution in [1.82, 2.24) is 4.90 Å². The summed E-state index contributed by atoms with van der Waals surface area (Å²) in [6.45, 7) is 5.89. The molecule has 5 nitrogen and oxygen atoms in total. The molecule has 98 valence electrons. The van der Waals surface area contributed by atoms with Gasteiger partial charge in [0.25, 0.3) is 0 Å². The van der Waals surface area contributed by atoms with E-state index in [1.165, 1.54) is 7.11 Å². The van der Waals surface area contributed by atoms with E-state index in [4.69, 9.17) is 14.2 Å². The molecule has 0 radical (unpaired) electrons. The highest BCUT2D eigenvalue weighted by Crippen LogP contribution is 2.25. The monoisotopic (exact) mass is 243 g/mol. The lowest BCUT2D eigenvalue weighted by atomic mass is 9.99. The highest BCUT2D eigenvalue weighted by Gasteiger charge is 2.36. The van der Waals surface area contributed by atoms with Crippen molar-refractivity contribution in [3.05, 3.63) is 0 Å². The molecule has 2 saturated heterocycles. The zero-order chi connectivity index (χ0) is 12.3. The third-order valence-corrected chi connectivity index (χ3v) is 3.62. The van der Waals surface area contributed by atoms with Crippen molar-refractivity contribution in [3.8, 4) is 0 Å². The first-order valence-electron chi connectivity index (χ1n) is 6.20. The third-order valence-electron chi connectivity index (χ3n) is 3.62. The quantitative estimate of drug-likeness (QED) is 0.675. The van der Waals surface area contributed by atoms with Crippen molar-refractivity contribution in [2.24, 2.45) is 11.8 Å². The number of rotatable bonds is 3. The Kier molecular flexibility index (Phi) is 4.36. The second-order valence-corrected chi connectivity index (χ2v) is 4.93. The van der Waals surface area contributed by atoms with Gasteiger partial charge in [-0.25, -0.2) is 0 Å². The van der Waals surface area contributed by atoms with E-state index >= 15 is 0 Å². The molecule has 0 N–H and O–H groups in total. The van der Waals surface area contributed by atoms with Gasteiger partial charge in [0.05, 0.1) is 25.7 Å². The van der Waals surface area contributed by atoms with Gasteiger partial charge < -0.3 is 14.2 Å². The van der Waals surface area contributed by atoms with E-state index in [0.29, 0.717) is 12.7 Å². The molecule has 2 aliphatic rings. The maximum Gasteiger partial charge on any atom is 0.310 e. The maximum atomic E-state index is 11.6. The summed E-state index contributed by atoms with van der Waals surface area (Å²) in [4.78, 5) is 13.9. The van der Waals surface area contributed by atoms with Crippen LogP contribution in [0.15, 0.2) is 0 Å². The topological polar surface area (TPSA) is 48.0 Å². The molecule has 2 rings (SSSR count). The maximum absolute atomic E-state index is 11.6. The molecule has 0 aromatic heterocycles. The lowest BCUT2D eigenvalue weighted by molar-refractivity contribution is -0.147. The predicted octanol–water partition coefficient (Wildman–Crippen LogP) is 0.490. The van der Waals surface area contributed by atoms with Crippen LogP contribution in [0.5, 0.6) is 0 Å². The predicted molar refractivity (Wildman–Crippen MR) is 61.4 cm³/mol.